The number of aromatic nitrogens is 8. The Morgan fingerprint density at radius 1 is 0.590 bits per heavy atom. The number of pyridine rings is 4. The second-order valence-electron chi connectivity index (χ2n) is 10.1. The maximum absolute atomic E-state index is 4.46. The summed E-state index contributed by atoms with van der Waals surface area (Å²) >= 11 is 0. The maximum atomic E-state index is 4.46. The van der Waals surface area contributed by atoms with E-state index < -0.39 is 0 Å². The minimum Gasteiger partial charge on any atom is -0.259 e. The van der Waals surface area contributed by atoms with Crippen LogP contribution >= 0.6 is 0 Å². The monoisotopic (exact) mass is 518 g/mol. The van der Waals surface area contributed by atoms with Crippen molar-refractivity contribution < 1.29 is 0 Å². The van der Waals surface area contributed by atoms with Crippen molar-refractivity contribution in [1.29, 1.82) is 0 Å². The Balaban J connectivity index is 0.000000136. The van der Waals surface area contributed by atoms with Gasteiger partial charge in [-0.05, 0) is 59.7 Å². The summed E-state index contributed by atoms with van der Waals surface area (Å²) in [7, 11) is 0. The van der Waals surface area contributed by atoms with E-state index in [-0.39, 0.29) is 0 Å². The van der Waals surface area contributed by atoms with E-state index in [1.807, 2.05) is 36.7 Å². The molecule has 0 aliphatic rings. The van der Waals surface area contributed by atoms with Crippen molar-refractivity contribution >= 4 is 33.1 Å². The molecule has 0 atom stereocenters. The van der Waals surface area contributed by atoms with Gasteiger partial charge in [0.2, 0.25) is 0 Å². The first-order valence-electron chi connectivity index (χ1n) is 13.2. The lowest BCUT2D eigenvalue weighted by molar-refractivity contribution is 0.828. The zero-order chi connectivity index (χ0) is 27.8. The fourth-order valence-electron chi connectivity index (χ4n) is 3.84. The van der Waals surface area contributed by atoms with E-state index in [2.05, 4.69) is 93.5 Å². The lowest BCUT2D eigenvalue weighted by atomic mass is 10.1. The molecule has 0 spiro atoms. The van der Waals surface area contributed by atoms with Crippen LogP contribution in [-0.4, -0.2) is 39.9 Å². The molecule has 6 aromatic rings. The second-order valence-corrected chi connectivity index (χ2v) is 10.1. The van der Waals surface area contributed by atoms with Crippen LogP contribution in [0.15, 0.2) is 79.9 Å². The molecule has 8 heteroatoms. The summed E-state index contributed by atoms with van der Waals surface area (Å²) in [5, 5.41) is 2.16. The Morgan fingerprint density at radius 2 is 1.38 bits per heavy atom. The second kappa shape index (κ2) is 12.9. The van der Waals surface area contributed by atoms with Crippen LogP contribution in [0.1, 0.15) is 76.2 Å². The molecule has 0 unspecified atom stereocenters. The predicted molar refractivity (Wildman–Crippen MR) is 156 cm³/mol. The third-order valence-electron chi connectivity index (χ3n) is 6.09. The molecule has 0 radical (unpaired) electrons. The number of rotatable bonds is 3. The van der Waals surface area contributed by atoms with E-state index in [0.29, 0.717) is 23.4 Å². The smallest absolute Gasteiger partial charge is 0.178 e. The van der Waals surface area contributed by atoms with Crippen LogP contribution < -0.4 is 0 Å². The van der Waals surface area contributed by atoms with Crippen molar-refractivity contribution in [2.75, 3.05) is 0 Å². The van der Waals surface area contributed by atoms with Crippen molar-refractivity contribution in [2.24, 2.45) is 0 Å². The topological polar surface area (TPSA) is 103 Å². The van der Waals surface area contributed by atoms with Gasteiger partial charge in [0.15, 0.2) is 11.3 Å². The van der Waals surface area contributed by atoms with Crippen LogP contribution in [0, 0.1) is 0 Å². The van der Waals surface area contributed by atoms with Gasteiger partial charge in [0.1, 0.15) is 11.8 Å². The van der Waals surface area contributed by atoms with E-state index in [1.54, 1.807) is 31.1 Å². The van der Waals surface area contributed by atoms with Gasteiger partial charge in [-0.2, -0.15) is 0 Å². The van der Waals surface area contributed by atoms with Crippen LogP contribution in [0.5, 0.6) is 0 Å². The summed E-state index contributed by atoms with van der Waals surface area (Å²) in [6.07, 6.45) is 12.2. The lowest BCUT2D eigenvalue weighted by Gasteiger charge is -2.06. The zero-order valence-electron chi connectivity index (χ0n) is 23.3. The molecule has 0 saturated carbocycles. The molecule has 8 nitrogen and oxygen atoms in total. The molecule has 198 valence electrons. The molecule has 0 aliphatic carbocycles. The Morgan fingerprint density at radius 3 is 2.15 bits per heavy atom. The lowest BCUT2D eigenvalue weighted by Crippen LogP contribution is -1.95. The quantitative estimate of drug-likeness (QED) is 0.245. The van der Waals surface area contributed by atoms with Gasteiger partial charge in [-0.1, -0.05) is 41.5 Å². The van der Waals surface area contributed by atoms with Gasteiger partial charge in [0.05, 0.1) is 11.2 Å². The molecular formula is C31H34N8. The first-order valence-corrected chi connectivity index (χ1v) is 13.2. The molecule has 39 heavy (non-hydrogen) atoms. The highest BCUT2D eigenvalue weighted by Crippen LogP contribution is 2.20. The van der Waals surface area contributed by atoms with E-state index in [4.69, 9.17) is 0 Å². The fraction of sp³-hybridized carbons (Fsp3) is 0.290. The number of hydrogen-bond donors (Lipinski definition) is 0. The molecule has 0 bridgehead atoms. The molecule has 0 aliphatic heterocycles. The largest absolute Gasteiger partial charge is 0.259 e. The number of fused-ring (bicyclic) bond motifs is 3. The molecule has 0 saturated heterocycles. The van der Waals surface area contributed by atoms with Gasteiger partial charge < -0.3 is 0 Å². The molecular weight excluding hydrogens is 484 g/mol. The summed E-state index contributed by atoms with van der Waals surface area (Å²) in [5.74, 6) is 1.35. The van der Waals surface area contributed by atoms with Crippen LogP contribution in [-0.2, 0) is 0 Å². The van der Waals surface area contributed by atoms with E-state index >= 15 is 0 Å². The zero-order valence-corrected chi connectivity index (χ0v) is 23.3. The summed E-state index contributed by atoms with van der Waals surface area (Å²) < 4.78 is 0. The Kier molecular flexibility index (Phi) is 9.10. The molecule has 0 N–H and O–H groups in total. The average molecular weight is 519 g/mol. The third kappa shape index (κ3) is 7.10. The Bertz CT molecular complexity index is 1570. The van der Waals surface area contributed by atoms with Crippen LogP contribution in [0.2, 0.25) is 0 Å². The van der Waals surface area contributed by atoms with Crippen molar-refractivity contribution in [1.82, 2.24) is 39.9 Å². The first kappa shape index (κ1) is 27.6. The van der Waals surface area contributed by atoms with Gasteiger partial charge in [0.25, 0.3) is 0 Å². The van der Waals surface area contributed by atoms with E-state index in [1.165, 1.54) is 5.56 Å². The predicted octanol–water partition coefficient (Wildman–Crippen LogP) is 7.05. The minimum absolute atomic E-state index is 0.401. The fourth-order valence-corrected chi connectivity index (χ4v) is 3.84. The maximum Gasteiger partial charge on any atom is 0.178 e. The van der Waals surface area contributed by atoms with Gasteiger partial charge in [0, 0.05) is 53.6 Å². The van der Waals surface area contributed by atoms with E-state index in [9.17, 15) is 0 Å². The standard InChI is InChI=1S/C11H12N2.2C10H11N3/c1-8(2)10-6-5-9-4-3-7-12-11(9)13-10;1-7(2)8-5-9-10(13-6-8)12-4-3-11-9;1-7(2)9-10-8(3-4-12-9)5-11-6-13-10/h3-8H,1-2H3;2*3-7H,1-2H3. The minimum atomic E-state index is 0.401. The summed E-state index contributed by atoms with van der Waals surface area (Å²) in [6.45, 7) is 12.8. The van der Waals surface area contributed by atoms with Gasteiger partial charge in [-0.25, -0.2) is 29.9 Å². The Labute approximate surface area is 229 Å². The van der Waals surface area contributed by atoms with Gasteiger partial charge >= 0.3 is 0 Å². The molecule has 6 aromatic heterocycles. The van der Waals surface area contributed by atoms with Crippen molar-refractivity contribution in [2.45, 2.75) is 59.3 Å². The Hall–Kier alpha value is -4.46. The number of hydrogen-bond acceptors (Lipinski definition) is 8. The summed E-state index contributed by atoms with van der Waals surface area (Å²) in [5.41, 5.74) is 6.74. The van der Waals surface area contributed by atoms with Crippen LogP contribution in [0.25, 0.3) is 33.1 Å². The van der Waals surface area contributed by atoms with Crippen LogP contribution in [0.3, 0.4) is 0 Å². The highest BCUT2D eigenvalue weighted by molar-refractivity contribution is 5.79. The average Bonchev–Trinajstić information content (AvgIpc) is 2.97. The van der Waals surface area contributed by atoms with Gasteiger partial charge in [-0.3, -0.25) is 9.97 Å². The molecule has 0 aromatic carbocycles. The third-order valence-corrected chi connectivity index (χ3v) is 6.09. The summed E-state index contributed by atoms with van der Waals surface area (Å²) in [4.78, 5) is 33.7. The summed E-state index contributed by atoms with van der Waals surface area (Å²) in [6, 6.07) is 12.1. The van der Waals surface area contributed by atoms with Gasteiger partial charge in [-0.15, -0.1) is 0 Å². The normalized spacial score (nSPS) is 11.0. The van der Waals surface area contributed by atoms with Crippen LogP contribution in [0.4, 0.5) is 0 Å². The SMILES string of the molecule is CC(C)c1ccc2cccnc2n1.CC(C)c1cnc2nccnc2c1.CC(C)c1nccc2cncnc12. The van der Waals surface area contributed by atoms with Crippen molar-refractivity contribution in [3.05, 3.63) is 96.9 Å². The van der Waals surface area contributed by atoms with Crippen molar-refractivity contribution in [3.8, 4) is 0 Å². The molecule has 0 amide bonds. The highest BCUT2D eigenvalue weighted by Gasteiger charge is 2.07. The first-order chi connectivity index (χ1) is 18.8. The number of nitrogens with zero attached hydrogens (tertiary/aromatic N) is 8. The highest BCUT2D eigenvalue weighted by atomic mass is 14.9. The van der Waals surface area contributed by atoms with E-state index in [0.717, 1.165) is 38.8 Å². The molecule has 0 fully saturated rings. The molecule has 6 heterocycles. The molecule has 6 rings (SSSR count). The van der Waals surface area contributed by atoms with Crippen molar-refractivity contribution in [3.63, 3.8) is 0 Å².